The van der Waals surface area contributed by atoms with Gasteiger partial charge < -0.3 is 5.11 Å². The van der Waals surface area contributed by atoms with E-state index in [0.29, 0.717) is 0 Å². The van der Waals surface area contributed by atoms with Crippen LogP contribution < -0.4 is 0 Å². The van der Waals surface area contributed by atoms with Crippen molar-refractivity contribution in [3.63, 3.8) is 0 Å². The maximum absolute atomic E-state index is 8.91. The maximum Gasteiger partial charge on any atom is 2.00 e. The molecule has 0 fully saturated rings. The van der Waals surface area contributed by atoms with Crippen LogP contribution in [0.4, 0.5) is 0 Å². The summed E-state index contributed by atoms with van der Waals surface area (Å²) in [5, 5.41) is 8.91. The molecule has 1 unspecified atom stereocenters. The monoisotopic (exact) mass is 244 g/mol. The van der Waals surface area contributed by atoms with Gasteiger partial charge in [0.1, 0.15) is 0 Å². The molecular weight excluding hydrogens is 228 g/mol. The predicted molar refractivity (Wildman–Crippen MR) is 59.4 cm³/mol. The van der Waals surface area contributed by atoms with Crippen molar-refractivity contribution in [2.75, 3.05) is 0 Å². The molecule has 2 aromatic carbocycles. The molecule has 0 bridgehead atoms. The van der Waals surface area contributed by atoms with Crippen molar-refractivity contribution in [2.24, 2.45) is 0 Å². The Morgan fingerprint density at radius 3 is 1.53 bits per heavy atom. The van der Waals surface area contributed by atoms with Crippen molar-refractivity contribution in [3.8, 4) is 0 Å². The van der Waals surface area contributed by atoms with Gasteiger partial charge in [0.05, 0.1) is 0 Å². The molecule has 0 radical (unpaired) electrons. The van der Waals surface area contributed by atoms with Gasteiger partial charge in [-0.05, 0) is 6.92 Å². The first kappa shape index (κ1) is 14.2. The fraction of sp³-hybridized carbons (Fsp3) is 0.231. The van der Waals surface area contributed by atoms with Crippen LogP contribution in [-0.4, -0.2) is 5.11 Å². The summed E-state index contributed by atoms with van der Waals surface area (Å²) in [6.07, 6.45) is -0.315. The summed E-state index contributed by atoms with van der Waals surface area (Å²) in [5.41, 5.74) is 2.33. The molecule has 0 aliphatic carbocycles. The number of aliphatic hydroxyl groups is 1. The Morgan fingerprint density at radius 1 is 0.933 bits per heavy atom. The van der Waals surface area contributed by atoms with Gasteiger partial charge in [-0.1, -0.05) is 6.92 Å². The molecule has 15 heavy (non-hydrogen) atoms. The van der Waals surface area contributed by atoms with Crippen LogP contribution in [0.25, 0.3) is 0 Å². The summed E-state index contributed by atoms with van der Waals surface area (Å²) >= 11 is 0. The minimum atomic E-state index is -0.315. The van der Waals surface area contributed by atoms with E-state index in [1.54, 1.807) is 6.92 Å². The molecule has 2 heteroatoms. The van der Waals surface area contributed by atoms with E-state index in [1.165, 1.54) is 5.56 Å². The molecule has 2 aromatic rings. The zero-order valence-corrected chi connectivity index (χ0v) is 10.1. The summed E-state index contributed by atoms with van der Waals surface area (Å²) in [6.45, 7) is 3.84. The standard InChI is InChI=1S/C7H9O.C6H7.Fe/c1-6(8)7-4-2-3-5-7;1-6-4-2-3-5-6;/h2-6,8H,1H3;2-5H,1H3;/q2*-1;+2. The van der Waals surface area contributed by atoms with Crippen LogP contribution in [0.2, 0.25) is 0 Å². The van der Waals surface area contributed by atoms with Gasteiger partial charge in [-0.25, -0.2) is 24.3 Å². The van der Waals surface area contributed by atoms with Crippen molar-refractivity contribution >= 4 is 0 Å². The van der Waals surface area contributed by atoms with Gasteiger partial charge in [0.25, 0.3) is 0 Å². The van der Waals surface area contributed by atoms with Gasteiger partial charge in [0.15, 0.2) is 0 Å². The largest absolute Gasteiger partial charge is 2.00 e. The molecule has 0 aliphatic heterocycles. The molecule has 0 amide bonds. The summed E-state index contributed by atoms with van der Waals surface area (Å²) < 4.78 is 0. The van der Waals surface area contributed by atoms with E-state index in [-0.39, 0.29) is 23.2 Å². The average molecular weight is 244 g/mol. The SMILES string of the molecule is CC(O)[c-]1cccc1.C[c-]1cccc1.[Fe+2]. The number of rotatable bonds is 1. The third kappa shape index (κ3) is 5.58. The first-order valence-corrected chi connectivity index (χ1v) is 4.78. The van der Waals surface area contributed by atoms with Crippen LogP contribution in [0, 0.1) is 6.92 Å². The van der Waals surface area contributed by atoms with Crippen LogP contribution in [0.1, 0.15) is 24.2 Å². The van der Waals surface area contributed by atoms with E-state index in [0.717, 1.165) is 5.56 Å². The van der Waals surface area contributed by atoms with Crippen LogP contribution >= 0.6 is 0 Å². The second kappa shape index (κ2) is 7.47. The smallest absolute Gasteiger partial charge is 0.401 e. The Balaban J connectivity index is 0.000000253. The molecule has 1 nitrogen and oxygen atoms in total. The van der Waals surface area contributed by atoms with Crippen molar-refractivity contribution in [1.29, 1.82) is 0 Å². The van der Waals surface area contributed by atoms with Crippen LogP contribution in [-0.2, 0) is 17.1 Å². The molecule has 0 saturated heterocycles. The second-order valence-corrected chi connectivity index (χ2v) is 3.36. The predicted octanol–water partition coefficient (Wildman–Crippen LogP) is 3.17. The van der Waals surface area contributed by atoms with E-state index < -0.39 is 0 Å². The van der Waals surface area contributed by atoms with Crippen molar-refractivity contribution in [1.82, 2.24) is 0 Å². The summed E-state index contributed by atoms with van der Waals surface area (Å²) in [6, 6.07) is 15.9. The number of aryl methyl sites for hydroxylation is 1. The first-order chi connectivity index (χ1) is 6.70. The number of aliphatic hydroxyl groups excluding tert-OH is 1. The Bertz CT molecular complexity index is 319. The van der Waals surface area contributed by atoms with Gasteiger partial charge in [0.2, 0.25) is 0 Å². The molecule has 82 valence electrons. The normalized spacial score (nSPS) is 10.9. The third-order valence-corrected chi connectivity index (χ3v) is 2.00. The summed E-state index contributed by atoms with van der Waals surface area (Å²) in [7, 11) is 0. The van der Waals surface area contributed by atoms with Crippen molar-refractivity contribution in [2.45, 2.75) is 20.0 Å². The van der Waals surface area contributed by atoms with Gasteiger partial charge in [-0.15, -0.1) is 5.56 Å². The van der Waals surface area contributed by atoms with Crippen molar-refractivity contribution < 1.29 is 22.2 Å². The van der Waals surface area contributed by atoms with E-state index >= 15 is 0 Å². The van der Waals surface area contributed by atoms with E-state index in [2.05, 4.69) is 19.1 Å². The fourth-order valence-corrected chi connectivity index (χ4v) is 1.14. The average Bonchev–Trinajstić information content (AvgIpc) is 2.75. The van der Waals surface area contributed by atoms with E-state index in [1.807, 2.05) is 36.4 Å². The van der Waals surface area contributed by atoms with Gasteiger partial charge >= 0.3 is 17.1 Å². The zero-order chi connectivity index (χ0) is 10.4. The van der Waals surface area contributed by atoms with Crippen LogP contribution in [0.15, 0.2) is 48.5 Å². The number of hydrogen-bond donors (Lipinski definition) is 1. The van der Waals surface area contributed by atoms with Gasteiger partial charge in [-0.2, -0.15) is 29.8 Å². The molecule has 1 N–H and O–H groups in total. The van der Waals surface area contributed by atoms with Crippen LogP contribution in [0.5, 0.6) is 0 Å². The Hall–Kier alpha value is -0.821. The molecular formula is C13H16FeO. The third-order valence-electron chi connectivity index (χ3n) is 2.00. The molecule has 2 rings (SSSR count). The minimum absolute atomic E-state index is 0. The Labute approximate surface area is 102 Å². The molecule has 1 atom stereocenters. The van der Waals surface area contributed by atoms with E-state index in [4.69, 9.17) is 5.11 Å². The fourth-order valence-electron chi connectivity index (χ4n) is 1.14. The van der Waals surface area contributed by atoms with Gasteiger partial charge in [0, 0.05) is 6.10 Å². The van der Waals surface area contributed by atoms with Crippen LogP contribution in [0.3, 0.4) is 0 Å². The minimum Gasteiger partial charge on any atom is -0.401 e. The summed E-state index contributed by atoms with van der Waals surface area (Å²) in [5.74, 6) is 0. The Morgan fingerprint density at radius 2 is 1.33 bits per heavy atom. The summed E-state index contributed by atoms with van der Waals surface area (Å²) in [4.78, 5) is 0. The van der Waals surface area contributed by atoms with Gasteiger partial charge in [-0.3, -0.25) is 0 Å². The molecule has 0 heterocycles. The molecule has 0 aliphatic rings. The second-order valence-electron chi connectivity index (χ2n) is 3.36. The molecule has 0 aromatic heterocycles. The Kier molecular flexibility index (Phi) is 7.06. The first-order valence-electron chi connectivity index (χ1n) is 4.78. The van der Waals surface area contributed by atoms with E-state index in [9.17, 15) is 0 Å². The number of hydrogen-bond acceptors (Lipinski definition) is 1. The zero-order valence-electron chi connectivity index (χ0n) is 9.00. The maximum atomic E-state index is 8.91. The topological polar surface area (TPSA) is 20.2 Å². The van der Waals surface area contributed by atoms with Crippen molar-refractivity contribution in [3.05, 3.63) is 59.7 Å². The quantitative estimate of drug-likeness (QED) is 0.603. The molecule has 0 spiro atoms. The molecule has 0 saturated carbocycles.